The molecule has 1 aliphatic carbocycles. The van der Waals surface area contributed by atoms with Crippen molar-refractivity contribution in [2.45, 2.75) is 45.1 Å². The first kappa shape index (κ1) is 19.2. The molecule has 3 aliphatic rings. The number of hydrogen-bond donors (Lipinski definition) is 0. The number of nitrogens with zero attached hydrogens (tertiary/aromatic N) is 3. The molecule has 1 spiro atoms. The van der Waals surface area contributed by atoms with Crippen LogP contribution in [0.15, 0.2) is 24.3 Å². The Morgan fingerprint density at radius 3 is 2.29 bits per heavy atom. The molecule has 2 saturated heterocycles. The van der Waals surface area contributed by atoms with Gasteiger partial charge in [0.15, 0.2) is 0 Å². The first-order valence-electron chi connectivity index (χ1n) is 10.6. The fourth-order valence-corrected chi connectivity index (χ4v) is 5.14. The minimum absolute atomic E-state index is 0.128. The summed E-state index contributed by atoms with van der Waals surface area (Å²) < 4.78 is 5.24. The SMILES string of the molecule is CCN1CCN(C(=O)C2N(c3ccc(OC)cc3)C(=O)C23CCCCC3)CC1. The fourth-order valence-electron chi connectivity index (χ4n) is 5.14. The second-order valence-corrected chi connectivity index (χ2v) is 8.25. The zero-order valence-corrected chi connectivity index (χ0v) is 17.0. The molecule has 1 aromatic rings. The van der Waals surface area contributed by atoms with E-state index in [1.165, 1.54) is 0 Å². The molecule has 152 valence electrons. The molecule has 6 heteroatoms. The van der Waals surface area contributed by atoms with Gasteiger partial charge in [0.1, 0.15) is 11.8 Å². The summed E-state index contributed by atoms with van der Waals surface area (Å²) in [5.41, 5.74) is 0.310. The normalized spacial score (nSPS) is 24.9. The van der Waals surface area contributed by atoms with Crippen LogP contribution < -0.4 is 9.64 Å². The van der Waals surface area contributed by atoms with Crippen molar-refractivity contribution in [3.05, 3.63) is 24.3 Å². The van der Waals surface area contributed by atoms with E-state index in [0.717, 1.165) is 76.3 Å². The van der Waals surface area contributed by atoms with Gasteiger partial charge in [-0.05, 0) is 43.7 Å². The van der Waals surface area contributed by atoms with E-state index in [9.17, 15) is 9.59 Å². The average molecular weight is 386 g/mol. The van der Waals surface area contributed by atoms with Crippen LogP contribution in [0.4, 0.5) is 5.69 Å². The highest BCUT2D eigenvalue weighted by Gasteiger charge is 2.64. The molecule has 1 unspecified atom stereocenters. The quantitative estimate of drug-likeness (QED) is 0.748. The van der Waals surface area contributed by atoms with Crippen molar-refractivity contribution in [3.8, 4) is 5.75 Å². The van der Waals surface area contributed by atoms with Crippen LogP contribution in [0.5, 0.6) is 5.75 Å². The number of ether oxygens (including phenoxy) is 1. The highest BCUT2D eigenvalue weighted by atomic mass is 16.5. The Bertz CT molecular complexity index is 719. The zero-order valence-electron chi connectivity index (χ0n) is 17.0. The lowest BCUT2D eigenvalue weighted by atomic mass is 9.61. The minimum Gasteiger partial charge on any atom is -0.497 e. The highest BCUT2D eigenvalue weighted by Crippen LogP contribution is 2.52. The molecule has 3 fully saturated rings. The van der Waals surface area contributed by atoms with Crippen molar-refractivity contribution in [1.29, 1.82) is 0 Å². The lowest BCUT2D eigenvalue weighted by Gasteiger charge is -2.57. The van der Waals surface area contributed by atoms with Crippen molar-refractivity contribution in [2.24, 2.45) is 5.41 Å². The molecule has 0 radical (unpaired) electrons. The number of β-lactam (4-membered cyclic amide) rings is 1. The van der Waals surface area contributed by atoms with Gasteiger partial charge in [0.2, 0.25) is 11.8 Å². The molecular formula is C22H31N3O3. The summed E-state index contributed by atoms with van der Waals surface area (Å²) in [6.07, 6.45) is 4.91. The molecule has 28 heavy (non-hydrogen) atoms. The van der Waals surface area contributed by atoms with E-state index in [2.05, 4.69) is 11.8 Å². The first-order chi connectivity index (χ1) is 13.6. The number of carbonyl (C=O) groups excluding carboxylic acids is 2. The van der Waals surface area contributed by atoms with Gasteiger partial charge >= 0.3 is 0 Å². The maximum absolute atomic E-state index is 13.6. The molecule has 2 amide bonds. The number of anilines is 1. The number of benzene rings is 1. The number of piperazine rings is 1. The lowest BCUT2D eigenvalue weighted by molar-refractivity contribution is -0.156. The van der Waals surface area contributed by atoms with Gasteiger partial charge in [0.25, 0.3) is 0 Å². The second kappa shape index (κ2) is 7.74. The van der Waals surface area contributed by atoms with Crippen LogP contribution in [-0.4, -0.2) is 67.5 Å². The third kappa shape index (κ3) is 3.08. The van der Waals surface area contributed by atoms with Gasteiger partial charge in [0.05, 0.1) is 12.5 Å². The summed E-state index contributed by atoms with van der Waals surface area (Å²) in [7, 11) is 1.63. The zero-order chi connectivity index (χ0) is 19.7. The van der Waals surface area contributed by atoms with Crippen molar-refractivity contribution in [3.63, 3.8) is 0 Å². The maximum Gasteiger partial charge on any atom is 0.246 e. The van der Waals surface area contributed by atoms with Gasteiger partial charge in [-0.1, -0.05) is 26.2 Å². The van der Waals surface area contributed by atoms with Crippen LogP contribution in [0, 0.1) is 5.41 Å². The number of amides is 2. The van der Waals surface area contributed by atoms with Crippen molar-refractivity contribution < 1.29 is 14.3 Å². The first-order valence-corrected chi connectivity index (χ1v) is 10.6. The van der Waals surface area contributed by atoms with Gasteiger partial charge in [-0.3, -0.25) is 14.5 Å². The summed E-state index contributed by atoms with van der Waals surface area (Å²) in [4.78, 5) is 33.0. The Kier molecular flexibility index (Phi) is 5.32. The highest BCUT2D eigenvalue weighted by molar-refractivity contribution is 6.14. The number of hydrogen-bond acceptors (Lipinski definition) is 4. The molecule has 0 aromatic heterocycles. The standard InChI is InChI=1S/C22H31N3O3/c1-3-23-13-15-24(16-14-23)20(26)19-22(11-5-4-6-12-22)21(27)25(19)17-7-9-18(28-2)10-8-17/h7-10,19H,3-6,11-16H2,1-2H3. The molecule has 0 N–H and O–H groups in total. The van der Waals surface area contributed by atoms with E-state index in [0.29, 0.717) is 0 Å². The van der Waals surface area contributed by atoms with Crippen LogP contribution in [-0.2, 0) is 9.59 Å². The van der Waals surface area contributed by atoms with E-state index in [1.54, 1.807) is 12.0 Å². The topological polar surface area (TPSA) is 53.1 Å². The number of likely N-dealkylation sites (N-methyl/N-ethyl adjacent to an activating group) is 1. The van der Waals surface area contributed by atoms with Gasteiger partial charge in [-0.2, -0.15) is 0 Å². The summed E-state index contributed by atoms with van der Waals surface area (Å²) in [5, 5.41) is 0. The molecule has 0 bridgehead atoms. The average Bonchev–Trinajstić information content (AvgIpc) is 2.77. The Morgan fingerprint density at radius 2 is 1.71 bits per heavy atom. The van der Waals surface area contributed by atoms with Crippen LogP contribution in [0.3, 0.4) is 0 Å². The molecule has 6 nitrogen and oxygen atoms in total. The van der Waals surface area contributed by atoms with E-state index in [-0.39, 0.29) is 17.9 Å². The molecule has 4 rings (SSSR count). The lowest BCUT2D eigenvalue weighted by Crippen LogP contribution is -2.75. The summed E-state index contributed by atoms with van der Waals surface area (Å²) >= 11 is 0. The summed E-state index contributed by atoms with van der Waals surface area (Å²) in [6.45, 7) is 6.51. The van der Waals surface area contributed by atoms with E-state index in [4.69, 9.17) is 4.74 Å². The van der Waals surface area contributed by atoms with E-state index in [1.807, 2.05) is 29.2 Å². The van der Waals surface area contributed by atoms with E-state index < -0.39 is 5.41 Å². The van der Waals surface area contributed by atoms with Crippen LogP contribution in [0.2, 0.25) is 0 Å². The van der Waals surface area contributed by atoms with Gasteiger partial charge in [-0.15, -0.1) is 0 Å². The Balaban J connectivity index is 1.60. The third-order valence-electron chi connectivity index (χ3n) is 6.89. The van der Waals surface area contributed by atoms with Crippen LogP contribution in [0.25, 0.3) is 0 Å². The van der Waals surface area contributed by atoms with Gasteiger partial charge in [-0.25, -0.2) is 0 Å². The summed E-state index contributed by atoms with van der Waals surface area (Å²) in [5.74, 6) is 1.01. The summed E-state index contributed by atoms with van der Waals surface area (Å²) in [6, 6.07) is 7.14. The van der Waals surface area contributed by atoms with Crippen LogP contribution >= 0.6 is 0 Å². The molecule has 2 aliphatic heterocycles. The van der Waals surface area contributed by atoms with Crippen molar-refractivity contribution >= 4 is 17.5 Å². The predicted octanol–water partition coefficient (Wildman–Crippen LogP) is 2.53. The van der Waals surface area contributed by atoms with Gasteiger partial charge in [0, 0.05) is 31.9 Å². The van der Waals surface area contributed by atoms with Crippen molar-refractivity contribution in [1.82, 2.24) is 9.80 Å². The molecule has 1 atom stereocenters. The minimum atomic E-state index is -0.489. The number of carbonyl (C=O) groups is 2. The van der Waals surface area contributed by atoms with Gasteiger partial charge < -0.3 is 14.5 Å². The monoisotopic (exact) mass is 385 g/mol. The third-order valence-corrected chi connectivity index (χ3v) is 6.89. The van der Waals surface area contributed by atoms with Crippen molar-refractivity contribution in [2.75, 3.05) is 44.7 Å². The Labute approximate surface area is 167 Å². The molecule has 2 heterocycles. The van der Waals surface area contributed by atoms with Crippen LogP contribution in [0.1, 0.15) is 39.0 Å². The second-order valence-electron chi connectivity index (χ2n) is 8.25. The fraction of sp³-hybridized carbons (Fsp3) is 0.636. The number of methoxy groups -OCH3 is 1. The van der Waals surface area contributed by atoms with E-state index >= 15 is 0 Å². The Hall–Kier alpha value is -2.08. The molecule has 1 saturated carbocycles. The maximum atomic E-state index is 13.6. The predicted molar refractivity (Wildman–Crippen MR) is 108 cm³/mol. The smallest absolute Gasteiger partial charge is 0.246 e. The molecular weight excluding hydrogens is 354 g/mol. The Morgan fingerprint density at radius 1 is 1.07 bits per heavy atom. The largest absolute Gasteiger partial charge is 0.497 e. The molecule has 1 aromatic carbocycles. The number of rotatable bonds is 4.